The topological polar surface area (TPSA) is 110 Å². The van der Waals surface area contributed by atoms with Crippen molar-refractivity contribution in [2.75, 3.05) is 18.1 Å². The van der Waals surface area contributed by atoms with E-state index in [2.05, 4.69) is 5.32 Å². The van der Waals surface area contributed by atoms with E-state index in [0.717, 1.165) is 11.5 Å². The number of hydrogen-bond acceptors (Lipinski definition) is 7. The molecular formula is C12H25NO5S2. The lowest BCUT2D eigenvalue weighted by Gasteiger charge is -2.34. The van der Waals surface area contributed by atoms with Crippen molar-refractivity contribution in [3.63, 3.8) is 0 Å². The van der Waals surface area contributed by atoms with E-state index in [0.29, 0.717) is 0 Å². The van der Waals surface area contributed by atoms with Crippen molar-refractivity contribution in [3.8, 4) is 0 Å². The molecule has 0 saturated heterocycles. The van der Waals surface area contributed by atoms with Gasteiger partial charge in [-0.25, -0.2) is 0 Å². The van der Waals surface area contributed by atoms with Gasteiger partial charge in [0.1, 0.15) is 18.3 Å². The molecule has 8 heteroatoms. The molecule has 0 aromatic carbocycles. The number of thioether (sulfide) groups is 2. The number of aliphatic hydroxyl groups excluding tert-OH is 4. The zero-order valence-corrected chi connectivity index (χ0v) is 13.7. The first-order valence-electron chi connectivity index (χ1n) is 6.54. The van der Waals surface area contributed by atoms with Gasteiger partial charge >= 0.3 is 0 Å². The number of amides is 1. The predicted octanol–water partition coefficient (Wildman–Crippen LogP) is -0.602. The number of carbonyl (C=O) groups excluding carboxylic acids is 1. The molecule has 5 N–H and O–H groups in total. The van der Waals surface area contributed by atoms with E-state index < -0.39 is 31.0 Å². The number of rotatable bonds is 10. The Morgan fingerprint density at radius 2 is 1.60 bits per heavy atom. The van der Waals surface area contributed by atoms with Crippen LogP contribution in [0.2, 0.25) is 0 Å². The quantitative estimate of drug-likeness (QED) is 0.341. The van der Waals surface area contributed by atoms with E-state index in [9.17, 15) is 20.1 Å². The van der Waals surface area contributed by atoms with Crippen molar-refractivity contribution in [1.29, 1.82) is 0 Å². The van der Waals surface area contributed by atoms with E-state index in [-0.39, 0.29) is 10.5 Å². The first-order valence-corrected chi connectivity index (χ1v) is 8.64. The molecule has 120 valence electrons. The fraction of sp³-hybridized carbons (Fsp3) is 0.917. The highest BCUT2D eigenvalue weighted by Gasteiger charge is 2.36. The Morgan fingerprint density at radius 3 is 1.95 bits per heavy atom. The number of nitrogens with one attached hydrogen (secondary N) is 1. The van der Waals surface area contributed by atoms with Crippen LogP contribution in [-0.4, -0.2) is 73.4 Å². The second-order valence-electron chi connectivity index (χ2n) is 4.24. The SMILES string of the molecule is CCSC(SCC)C(NC(C)=O)C(O)C(O)C(O)CO. The van der Waals surface area contributed by atoms with Gasteiger partial charge in [0, 0.05) is 6.92 Å². The Morgan fingerprint density at radius 1 is 1.10 bits per heavy atom. The molecule has 0 aromatic rings. The zero-order valence-electron chi connectivity index (χ0n) is 12.0. The second kappa shape index (κ2) is 10.7. The first kappa shape index (κ1) is 20.0. The normalized spacial score (nSPS) is 17.6. The third-order valence-electron chi connectivity index (χ3n) is 2.62. The molecule has 0 aliphatic heterocycles. The van der Waals surface area contributed by atoms with Gasteiger partial charge in [-0.05, 0) is 11.5 Å². The van der Waals surface area contributed by atoms with Crippen LogP contribution in [0.5, 0.6) is 0 Å². The lowest BCUT2D eigenvalue weighted by molar-refractivity contribution is -0.123. The molecule has 0 aromatic heterocycles. The summed E-state index contributed by atoms with van der Waals surface area (Å²) < 4.78 is -0.149. The summed E-state index contributed by atoms with van der Waals surface area (Å²) in [6.45, 7) is 4.60. The van der Waals surface area contributed by atoms with Gasteiger partial charge < -0.3 is 25.7 Å². The molecular weight excluding hydrogens is 302 g/mol. The van der Waals surface area contributed by atoms with Gasteiger partial charge in [-0.3, -0.25) is 4.79 Å². The summed E-state index contributed by atoms with van der Waals surface area (Å²) in [5.74, 6) is 1.26. The summed E-state index contributed by atoms with van der Waals surface area (Å²) in [6, 6.07) is -0.710. The molecule has 6 nitrogen and oxygen atoms in total. The predicted molar refractivity (Wildman–Crippen MR) is 82.8 cm³/mol. The number of aliphatic hydroxyl groups is 4. The molecule has 0 rings (SSSR count). The van der Waals surface area contributed by atoms with Crippen LogP contribution < -0.4 is 5.32 Å². The van der Waals surface area contributed by atoms with Gasteiger partial charge in [0.2, 0.25) is 5.91 Å². The fourth-order valence-corrected chi connectivity index (χ4v) is 4.41. The van der Waals surface area contributed by atoms with E-state index in [1.165, 1.54) is 6.92 Å². The average Bonchev–Trinajstić information content (AvgIpc) is 2.42. The minimum atomic E-state index is -1.52. The number of carbonyl (C=O) groups is 1. The molecule has 0 heterocycles. The lowest BCUT2D eigenvalue weighted by atomic mass is 10.0. The Balaban J connectivity index is 5.03. The summed E-state index contributed by atoms with van der Waals surface area (Å²) >= 11 is 3.10. The smallest absolute Gasteiger partial charge is 0.217 e. The van der Waals surface area contributed by atoms with Gasteiger partial charge in [0.25, 0.3) is 0 Å². The van der Waals surface area contributed by atoms with Crippen LogP contribution in [0.1, 0.15) is 20.8 Å². The van der Waals surface area contributed by atoms with Crippen LogP contribution in [-0.2, 0) is 4.79 Å². The van der Waals surface area contributed by atoms with Crippen molar-refractivity contribution < 1.29 is 25.2 Å². The minimum Gasteiger partial charge on any atom is -0.394 e. The molecule has 0 saturated carbocycles. The highest BCUT2D eigenvalue weighted by atomic mass is 32.2. The fourth-order valence-electron chi connectivity index (χ4n) is 1.68. The maximum atomic E-state index is 11.3. The Bertz CT molecular complexity index is 277. The summed E-state index contributed by atoms with van der Waals surface area (Å²) in [4.78, 5) is 11.3. The van der Waals surface area contributed by atoms with E-state index in [1.807, 2.05) is 13.8 Å². The van der Waals surface area contributed by atoms with Crippen LogP contribution in [0.25, 0.3) is 0 Å². The van der Waals surface area contributed by atoms with Crippen molar-refractivity contribution in [3.05, 3.63) is 0 Å². The number of hydrogen-bond donors (Lipinski definition) is 5. The lowest BCUT2D eigenvalue weighted by Crippen LogP contribution is -2.55. The van der Waals surface area contributed by atoms with Crippen LogP contribution >= 0.6 is 23.5 Å². The molecule has 0 spiro atoms. The van der Waals surface area contributed by atoms with Crippen molar-refractivity contribution in [2.45, 2.75) is 49.7 Å². The van der Waals surface area contributed by atoms with Crippen molar-refractivity contribution in [2.24, 2.45) is 0 Å². The van der Waals surface area contributed by atoms with E-state index in [1.54, 1.807) is 23.5 Å². The molecule has 0 radical (unpaired) electrons. The molecule has 1 amide bonds. The third-order valence-corrected chi connectivity index (χ3v) is 5.35. The minimum absolute atomic E-state index is 0.149. The van der Waals surface area contributed by atoms with Crippen LogP contribution in [0.3, 0.4) is 0 Å². The van der Waals surface area contributed by atoms with Crippen LogP contribution in [0.4, 0.5) is 0 Å². The maximum Gasteiger partial charge on any atom is 0.217 e. The molecule has 4 unspecified atom stereocenters. The molecule has 0 aliphatic carbocycles. The maximum absolute atomic E-state index is 11.3. The summed E-state index contributed by atoms with van der Waals surface area (Å²) in [5.41, 5.74) is 0. The van der Waals surface area contributed by atoms with Crippen molar-refractivity contribution in [1.82, 2.24) is 5.32 Å². The molecule has 0 fully saturated rings. The van der Waals surface area contributed by atoms with E-state index in [4.69, 9.17) is 5.11 Å². The summed E-state index contributed by atoms with van der Waals surface area (Å²) in [5, 5.41) is 40.9. The second-order valence-corrected chi connectivity index (χ2v) is 7.37. The van der Waals surface area contributed by atoms with Gasteiger partial charge in [-0.2, -0.15) is 0 Å². The Hall–Kier alpha value is 0.01000. The molecule has 0 aliphatic rings. The van der Waals surface area contributed by atoms with Gasteiger partial charge in [-0.1, -0.05) is 13.8 Å². The average molecular weight is 327 g/mol. The highest BCUT2D eigenvalue weighted by molar-refractivity contribution is 8.17. The molecule has 4 atom stereocenters. The molecule has 0 bridgehead atoms. The van der Waals surface area contributed by atoms with Crippen LogP contribution in [0, 0.1) is 0 Å². The highest BCUT2D eigenvalue weighted by Crippen LogP contribution is 2.29. The third kappa shape index (κ3) is 6.64. The standard InChI is InChI=1S/C12H25NO5S2/c1-4-19-12(20-5-2)9(13-7(3)15)11(18)10(17)8(16)6-14/h8-12,14,16-18H,4-6H2,1-3H3,(H,13,15). The largest absolute Gasteiger partial charge is 0.394 e. The van der Waals surface area contributed by atoms with Crippen molar-refractivity contribution >= 4 is 29.4 Å². The summed E-state index contributed by atoms with van der Waals surface area (Å²) in [6.07, 6.45) is -4.32. The van der Waals surface area contributed by atoms with Gasteiger partial charge in [0.15, 0.2) is 0 Å². The zero-order chi connectivity index (χ0) is 15.7. The van der Waals surface area contributed by atoms with E-state index >= 15 is 0 Å². The Kier molecular flexibility index (Phi) is 10.7. The van der Waals surface area contributed by atoms with Crippen LogP contribution in [0.15, 0.2) is 0 Å². The first-order chi connectivity index (χ1) is 9.38. The monoisotopic (exact) mass is 327 g/mol. The Labute approximate surface area is 128 Å². The summed E-state index contributed by atoms with van der Waals surface area (Å²) in [7, 11) is 0. The van der Waals surface area contributed by atoms with Gasteiger partial charge in [-0.15, -0.1) is 23.5 Å². The molecule has 20 heavy (non-hydrogen) atoms. The van der Waals surface area contributed by atoms with Gasteiger partial charge in [0.05, 0.1) is 17.2 Å².